The quantitative estimate of drug-likeness (QED) is 0.380. The number of fused-ring (bicyclic) bond motifs is 1. The summed E-state index contributed by atoms with van der Waals surface area (Å²) in [6.45, 7) is 0.555. The summed E-state index contributed by atoms with van der Waals surface area (Å²) in [5, 5.41) is 6.18. The summed E-state index contributed by atoms with van der Waals surface area (Å²) >= 11 is 14.3. The lowest BCUT2D eigenvalue weighted by molar-refractivity contribution is -0.118. The van der Waals surface area contributed by atoms with Crippen molar-refractivity contribution in [1.29, 1.82) is 0 Å². The summed E-state index contributed by atoms with van der Waals surface area (Å²) in [5.74, 6) is 0.487. The lowest BCUT2D eigenvalue weighted by Gasteiger charge is -2.19. The number of carbonyl (C=O) groups excluding carboxylic acids is 1. The Morgan fingerprint density at radius 3 is 2.62 bits per heavy atom. The van der Waals surface area contributed by atoms with Crippen LogP contribution >= 0.6 is 34.5 Å². The Morgan fingerprint density at radius 1 is 1.03 bits per heavy atom. The van der Waals surface area contributed by atoms with E-state index in [-0.39, 0.29) is 12.5 Å². The van der Waals surface area contributed by atoms with Gasteiger partial charge in [0.15, 0.2) is 11.4 Å². The molecule has 0 unspecified atom stereocenters. The van der Waals surface area contributed by atoms with E-state index in [1.165, 1.54) is 11.3 Å². The molecule has 0 radical (unpaired) electrons. The molecular weight excluding hydrogens is 465 g/mol. The number of ether oxygens (including phenoxy) is 1. The van der Waals surface area contributed by atoms with Gasteiger partial charge in [-0.15, -0.1) is 11.3 Å². The van der Waals surface area contributed by atoms with Gasteiger partial charge < -0.3 is 14.6 Å². The van der Waals surface area contributed by atoms with Crippen LogP contribution in [0.2, 0.25) is 10.0 Å². The molecule has 8 heteroatoms. The second kappa shape index (κ2) is 8.82. The molecule has 1 amide bonds. The summed E-state index contributed by atoms with van der Waals surface area (Å²) < 4.78 is 7.60. The first-order chi connectivity index (χ1) is 15.6. The number of hydrogen-bond donors (Lipinski definition) is 1. The van der Waals surface area contributed by atoms with E-state index in [0.29, 0.717) is 33.7 Å². The third kappa shape index (κ3) is 4.17. The van der Waals surface area contributed by atoms with Crippen LogP contribution in [-0.4, -0.2) is 17.1 Å². The fourth-order valence-electron chi connectivity index (χ4n) is 3.49. The number of carbonyl (C=O) groups is 1. The number of aromatic nitrogens is 1. The van der Waals surface area contributed by atoms with Gasteiger partial charge in [0.25, 0.3) is 5.91 Å². The minimum absolute atomic E-state index is 0.0260. The number of para-hydroxylation sites is 1. The second-order valence-corrected chi connectivity index (χ2v) is 8.84. The van der Waals surface area contributed by atoms with Crippen LogP contribution in [0.4, 0.5) is 11.4 Å². The maximum atomic E-state index is 11.8. The average Bonchev–Trinajstić information content (AvgIpc) is 3.18. The fraction of sp³-hybridized carbons (Fsp3) is 0.0833. The molecule has 1 aliphatic rings. The fourth-order valence-corrected chi connectivity index (χ4v) is 4.78. The van der Waals surface area contributed by atoms with Crippen molar-refractivity contribution >= 4 is 51.8 Å². The van der Waals surface area contributed by atoms with Gasteiger partial charge in [0, 0.05) is 16.0 Å². The van der Waals surface area contributed by atoms with Gasteiger partial charge in [-0.1, -0.05) is 53.5 Å². The molecule has 4 aromatic rings. The Balaban J connectivity index is 1.66. The number of hydrogen-bond acceptors (Lipinski definition) is 4. The zero-order valence-electron chi connectivity index (χ0n) is 16.7. The molecule has 2 heterocycles. The zero-order valence-corrected chi connectivity index (χ0v) is 19.0. The highest BCUT2D eigenvalue weighted by atomic mass is 35.5. The van der Waals surface area contributed by atoms with Gasteiger partial charge in [0.05, 0.1) is 28.6 Å². The van der Waals surface area contributed by atoms with E-state index in [1.54, 1.807) is 0 Å². The summed E-state index contributed by atoms with van der Waals surface area (Å²) in [7, 11) is 0. The highest BCUT2D eigenvalue weighted by molar-refractivity contribution is 7.07. The van der Waals surface area contributed by atoms with Gasteiger partial charge in [-0.05, 0) is 42.0 Å². The van der Waals surface area contributed by atoms with Crippen LogP contribution in [0, 0.1) is 0 Å². The van der Waals surface area contributed by atoms with E-state index in [2.05, 4.69) is 9.88 Å². The number of benzene rings is 3. The second-order valence-electron chi connectivity index (χ2n) is 7.19. The molecular formula is C24H17Cl2N3O2S. The first-order valence-corrected chi connectivity index (χ1v) is 11.5. The van der Waals surface area contributed by atoms with Crippen molar-refractivity contribution in [3.8, 4) is 17.0 Å². The molecule has 32 heavy (non-hydrogen) atoms. The van der Waals surface area contributed by atoms with Gasteiger partial charge in [0.1, 0.15) is 5.75 Å². The minimum atomic E-state index is -0.168. The zero-order chi connectivity index (χ0) is 22.1. The Labute approximate surface area is 198 Å². The van der Waals surface area contributed by atoms with Crippen molar-refractivity contribution in [2.24, 2.45) is 4.99 Å². The van der Waals surface area contributed by atoms with Crippen LogP contribution < -0.4 is 14.9 Å². The number of halogens is 2. The number of thiazole rings is 1. The summed E-state index contributed by atoms with van der Waals surface area (Å²) in [4.78, 5) is 17.4. The lowest BCUT2D eigenvalue weighted by Crippen LogP contribution is -2.25. The van der Waals surface area contributed by atoms with Crippen LogP contribution in [0.5, 0.6) is 5.75 Å². The third-order valence-corrected chi connectivity index (χ3v) is 6.61. The predicted octanol–water partition coefficient (Wildman–Crippen LogP) is 6.14. The number of nitrogens with zero attached hydrogens (tertiary/aromatic N) is 2. The van der Waals surface area contributed by atoms with Gasteiger partial charge in [-0.3, -0.25) is 4.79 Å². The molecule has 0 spiro atoms. The molecule has 0 bridgehead atoms. The molecule has 0 saturated carbocycles. The topological polar surface area (TPSA) is 55.6 Å². The summed E-state index contributed by atoms with van der Waals surface area (Å²) in [6, 6.07) is 21.0. The highest BCUT2D eigenvalue weighted by Gasteiger charge is 2.18. The summed E-state index contributed by atoms with van der Waals surface area (Å²) in [6.07, 6.45) is 0. The third-order valence-electron chi connectivity index (χ3n) is 5.06. The normalized spacial score (nSPS) is 13.4. The van der Waals surface area contributed by atoms with Crippen molar-refractivity contribution in [2.45, 2.75) is 6.54 Å². The van der Waals surface area contributed by atoms with Gasteiger partial charge >= 0.3 is 0 Å². The minimum Gasteiger partial charge on any atom is -0.482 e. The Bertz CT molecular complexity index is 1390. The first-order valence-electron chi connectivity index (χ1n) is 9.86. The van der Waals surface area contributed by atoms with Crippen LogP contribution in [0.25, 0.3) is 11.3 Å². The van der Waals surface area contributed by atoms with Gasteiger partial charge in [0.2, 0.25) is 0 Å². The van der Waals surface area contributed by atoms with Gasteiger partial charge in [-0.2, -0.15) is 0 Å². The largest absolute Gasteiger partial charge is 0.482 e. The predicted molar refractivity (Wildman–Crippen MR) is 129 cm³/mol. The number of rotatable bonds is 4. The molecule has 160 valence electrons. The van der Waals surface area contributed by atoms with Crippen LogP contribution in [0.15, 0.2) is 77.1 Å². The SMILES string of the molecule is O=C1COc2ccc(-c3csc(=Nc4ccccc4Cl)n3Cc3ccccc3Cl)cc2N1. The van der Waals surface area contributed by atoms with Crippen molar-refractivity contribution in [3.63, 3.8) is 0 Å². The van der Waals surface area contributed by atoms with Crippen LogP contribution in [0.1, 0.15) is 5.56 Å². The van der Waals surface area contributed by atoms with Crippen molar-refractivity contribution < 1.29 is 9.53 Å². The molecule has 1 aliphatic heterocycles. The lowest BCUT2D eigenvalue weighted by atomic mass is 10.1. The van der Waals surface area contributed by atoms with E-state index < -0.39 is 0 Å². The monoisotopic (exact) mass is 481 g/mol. The molecule has 1 N–H and O–H groups in total. The number of nitrogens with one attached hydrogen (secondary N) is 1. The highest BCUT2D eigenvalue weighted by Crippen LogP contribution is 2.33. The van der Waals surface area contributed by atoms with Gasteiger partial charge in [-0.25, -0.2) is 4.99 Å². The standard InChI is InChI=1S/C24H17Cl2N3O2S/c25-17-6-2-1-5-16(17)12-29-21(14-32-24(29)28-19-8-4-3-7-18(19)26)15-9-10-22-20(11-15)27-23(30)13-31-22/h1-11,14H,12-13H2,(H,27,30). The number of amides is 1. The number of anilines is 1. The Kier molecular flexibility index (Phi) is 5.74. The van der Waals surface area contributed by atoms with Crippen molar-refractivity contribution in [2.75, 3.05) is 11.9 Å². The van der Waals surface area contributed by atoms with E-state index in [9.17, 15) is 4.79 Å². The molecule has 5 rings (SSSR count). The Morgan fingerprint density at radius 2 is 1.81 bits per heavy atom. The van der Waals surface area contributed by atoms with E-state index in [0.717, 1.165) is 21.6 Å². The molecule has 0 fully saturated rings. The van der Waals surface area contributed by atoms with Crippen molar-refractivity contribution in [3.05, 3.63) is 92.5 Å². The van der Waals surface area contributed by atoms with E-state index in [1.807, 2.05) is 72.1 Å². The van der Waals surface area contributed by atoms with E-state index >= 15 is 0 Å². The maximum absolute atomic E-state index is 11.8. The maximum Gasteiger partial charge on any atom is 0.262 e. The summed E-state index contributed by atoms with van der Waals surface area (Å²) in [5.41, 5.74) is 4.20. The molecule has 1 aromatic heterocycles. The van der Waals surface area contributed by atoms with Crippen molar-refractivity contribution in [1.82, 2.24) is 4.57 Å². The average molecular weight is 482 g/mol. The molecule has 0 aliphatic carbocycles. The molecule has 3 aromatic carbocycles. The van der Waals surface area contributed by atoms with Crippen LogP contribution in [-0.2, 0) is 11.3 Å². The van der Waals surface area contributed by atoms with Crippen LogP contribution in [0.3, 0.4) is 0 Å². The molecule has 0 saturated heterocycles. The molecule has 5 nitrogen and oxygen atoms in total. The first kappa shape index (κ1) is 20.8. The van der Waals surface area contributed by atoms with E-state index in [4.69, 9.17) is 32.9 Å². The smallest absolute Gasteiger partial charge is 0.262 e. The molecule has 0 atom stereocenters. The Hall–Kier alpha value is -3.06.